The summed E-state index contributed by atoms with van der Waals surface area (Å²) in [6, 6.07) is 7.71. The van der Waals surface area contributed by atoms with E-state index in [0.717, 1.165) is 12.8 Å². The van der Waals surface area contributed by atoms with Crippen molar-refractivity contribution >= 4 is 11.6 Å². The predicted molar refractivity (Wildman–Crippen MR) is 69.1 cm³/mol. The van der Waals surface area contributed by atoms with E-state index in [1.54, 1.807) is 0 Å². The zero-order chi connectivity index (χ0) is 12.7. The normalized spacial score (nSPS) is 11.9. The van der Waals surface area contributed by atoms with E-state index in [2.05, 4.69) is 24.3 Å². The number of anilines is 1. The minimum atomic E-state index is -0.380. The third kappa shape index (κ3) is 4.34. The molecule has 0 aliphatic rings. The first-order chi connectivity index (χ1) is 8.17. The second-order valence-electron chi connectivity index (χ2n) is 4.15. The van der Waals surface area contributed by atoms with Crippen molar-refractivity contribution < 1.29 is 4.79 Å². The van der Waals surface area contributed by atoms with E-state index in [0.29, 0.717) is 11.6 Å². The van der Waals surface area contributed by atoms with Gasteiger partial charge in [0.05, 0.1) is 0 Å². The predicted octanol–water partition coefficient (Wildman–Crippen LogP) is 3.30. The summed E-state index contributed by atoms with van der Waals surface area (Å²) in [5.74, 6) is 0.149. The zero-order valence-corrected chi connectivity index (χ0v) is 10.3. The van der Waals surface area contributed by atoms with Gasteiger partial charge < -0.3 is 5.32 Å². The van der Waals surface area contributed by atoms with Gasteiger partial charge in [-0.25, -0.2) is 0 Å². The van der Waals surface area contributed by atoms with E-state index in [1.165, 1.54) is 5.56 Å². The number of amides is 1. The van der Waals surface area contributed by atoms with Crippen molar-refractivity contribution in [1.29, 1.82) is 0 Å². The molecule has 1 rings (SSSR count). The lowest BCUT2D eigenvalue weighted by molar-refractivity contribution is -0.114. The van der Waals surface area contributed by atoms with E-state index in [-0.39, 0.29) is 12.5 Å². The second-order valence-corrected chi connectivity index (χ2v) is 4.15. The molecular formula is C13H18N2O2. The molecule has 0 bridgehead atoms. The maximum absolute atomic E-state index is 11.1. The maximum atomic E-state index is 11.1. The highest BCUT2D eigenvalue weighted by molar-refractivity contribution is 5.92. The zero-order valence-electron chi connectivity index (χ0n) is 10.3. The molecule has 0 saturated carbocycles. The number of benzene rings is 1. The van der Waals surface area contributed by atoms with Crippen LogP contribution in [0.25, 0.3) is 0 Å². The van der Waals surface area contributed by atoms with Gasteiger partial charge in [0.15, 0.2) is 6.54 Å². The van der Waals surface area contributed by atoms with Crippen LogP contribution in [0.4, 0.5) is 5.69 Å². The molecule has 0 aliphatic carbocycles. The molecule has 0 saturated heterocycles. The van der Waals surface area contributed by atoms with Crippen LogP contribution in [0.3, 0.4) is 0 Å². The van der Waals surface area contributed by atoms with Crippen LogP contribution >= 0.6 is 0 Å². The van der Waals surface area contributed by atoms with Gasteiger partial charge in [-0.3, -0.25) is 4.79 Å². The van der Waals surface area contributed by atoms with E-state index in [1.807, 2.05) is 24.3 Å². The quantitative estimate of drug-likeness (QED) is 0.768. The lowest BCUT2D eigenvalue weighted by atomic mass is 9.96. The smallest absolute Gasteiger partial charge is 0.249 e. The first-order valence-corrected chi connectivity index (χ1v) is 5.86. The molecule has 4 nitrogen and oxygen atoms in total. The SMILES string of the molecule is CCCC(C)c1ccc(NC(=O)CN=O)cc1. The molecule has 0 radical (unpaired) electrons. The summed E-state index contributed by atoms with van der Waals surface area (Å²) < 4.78 is 0. The Bertz CT molecular complexity index is 374. The fourth-order valence-electron chi connectivity index (χ4n) is 1.75. The number of carbonyl (C=O) groups is 1. The summed E-state index contributed by atoms with van der Waals surface area (Å²) in [6.45, 7) is 4.01. The van der Waals surface area contributed by atoms with E-state index in [4.69, 9.17) is 0 Å². The number of nitrogens with one attached hydrogen (secondary N) is 1. The van der Waals surface area contributed by atoms with Gasteiger partial charge in [0.2, 0.25) is 5.91 Å². The van der Waals surface area contributed by atoms with Crippen LogP contribution in [0.2, 0.25) is 0 Å². The third-order valence-corrected chi connectivity index (χ3v) is 2.69. The van der Waals surface area contributed by atoms with Crippen LogP contribution in [0, 0.1) is 4.91 Å². The first kappa shape index (κ1) is 13.4. The minimum Gasteiger partial charge on any atom is -0.324 e. The summed E-state index contributed by atoms with van der Waals surface area (Å²) >= 11 is 0. The third-order valence-electron chi connectivity index (χ3n) is 2.69. The van der Waals surface area contributed by atoms with Crippen molar-refractivity contribution in [3.63, 3.8) is 0 Å². The topological polar surface area (TPSA) is 58.5 Å². The van der Waals surface area contributed by atoms with Gasteiger partial charge in [0.1, 0.15) is 0 Å². The largest absolute Gasteiger partial charge is 0.324 e. The fourth-order valence-corrected chi connectivity index (χ4v) is 1.75. The van der Waals surface area contributed by atoms with Crippen LogP contribution in [-0.2, 0) is 4.79 Å². The molecule has 0 aliphatic heterocycles. The number of hydrogen-bond acceptors (Lipinski definition) is 3. The van der Waals surface area contributed by atoms with Gasteiger partial charge in [-0.05, 0) is 30.0 Å². The molecule has 1 unspecified atom stereocenters. The number of nitroso groups, excluding NO2 is 1. The standard InChI is InChI=1S/C13H18N2O2/c1-3-4-10(2)11-5-7-12(8-6-11)15-13(16)9-14-17/h5-8,10H,3-4,9H2,1-2H3,(H,15,16). The Labute approximate surface area is 101 Å². The Morgan fingerprint density at radius 3 is 2.53 bits per heavy atom. The molecule has 1 aromatic rings. The minimum absolute atomic E-state index is 0.339. The van der Waals surface area contributed by atoms with Crippen molar-refractivity contribution in [1.82, 2.24) is 0 Å². The summed E-state index contributed by atoms with van der Waals surface area (Å²) in [4.78, 5) is 21.0. The number of nitrogens with zero attached hydrogens (tertiary/aromatic N) is 1. The fraction of sp³-hybridized carbons (Fsp3) is 0.462. The molecule has 0 aromatic heterocycles. The van der Waals surface area contributed by atoms with E-state index >= 15 is 0 Å². The van der Waals surface area contributed by atoms with Gasteiger partial charge in [-0.1, -0.05) is 37.6 Å². The Hall–Kier alpha value is -1.71. The molecule has 0 spiro atoms. The average molecular weight is 234 g/mol. The van der Waals surface area contributed by atoms with Gasteiger partial charge in [0.25, 0.3) is 0 Å². The molecule has 1 N–H and O–H groups in total. The van der Waals surface area contributed by atoms with Crippen LogP contribution < -0.4 is 5.32 Å². The molecule has 1 amide bonds. The highest BCUT2D eigenvalue weighted by Gasteiger charge is 2.05. The molecule has 0 fully saturated rings. The monoisotopic (exact) mass is 234 g/mol. The van der Waals surface area contributed by atoms with E-state index in [9.17, 15) is 9.70 Å². The van der Waals surface area contributed by atoms with E-state index < -0.39 is 0 Å². The molecule has 1 aromatic carbocycles. The summed E-state index contributed by atoms with van der Waals surface area (Å²) in [5, 5.41) is 5.15. The Kier molecular flexibility index (Phi) is 5.33. The summed E-state index contributed by atoms with van der Waals surface area (Å²) in [7, 11) is 0. The van der Waals surface area contributed by atoms with Crippen LogP contribution in [-0.4, -0.2) is 12.5 Å². The number of rotatable bonds is 6. The lowest BCUT2D eigenvalue weighted by Gasteiger charge is -2.11. The van der Waals surface area contributed by atoms with Gasteiger partial charge in [-0.2, -0.15) is 4.91 Å². The number of carbonyl (C=O) groups excluding carboxylic acids is 1. The van der Waals surface area contributed by atoms with Crippen molar-refractivity contribution in [2.45, 2.75) is 32.6 Å². The molecule has 17 heavy (non-hydrogen) atoms. The van der Waals surface area contributed by atoms with Crippen molar-refractivity contribution in [3.05, 3.63) is 34.7 Å². The second kappa shape index (κ2) is 6.78. The van der Waals surface area contributed by atoms with Gasteiger partial charge in [0, 0.05) is 5.69 Å². The van der Waals surface area contributed by atoms with Crippen molar-refractivity contribution in [3.8, 4) is 0 Å². The lowest BCUT2D eigenvalue weighted by Crippen LogP contribution is -2.14. The number of hydrogen-bond donors (Lipinski definition) is 1. The van der Waals surface area contributed by atoms with Gasteiger partial charge >= 0.3 is 0 Å². The first-order valence-electron chi connectivity index (χ1n) is 5.86. The molecule has 0 heterocycles. The maximum Gasteiger partial charge on any atom is 0.249 e. The van der Waals surface area contributed by atoms with Crippen LogP contribution in [0.1, 0.15) is 38.2 Å². The summed E-state index contributed by atoms with van der Waals surface area (Å²) in [6.07, 6.45) is 2.31. The molecule has 4 heteroatoms. The highest BCUT2D eigenvalue weighted by atomic mass is 16.3. The highest BCUT2D eigenvalue weighted by Crippen LogP contribution is 2.21. The van der Waals surface area contributed by atoms with Crippen molar-refractivity contribution in [2.24, 2.45) is 5.18 Å². The molecular weight excluding hydrogens is 216 g/mol. The van der Waals surface area contributed by atoms with Crippen LogP contribution in [0.15, 0.2) is 29.4 Å². The van der Waals surface area contributed by atoms with Crippen LogP contribution in [0.5, 0.6) is 0 Å². The van der Waals surface area contributed by atoms with Gasteiger partial charge in [-0.15, -0.1) is 0 Å². The van der Waals surface area contributed by atoms with Crippen molar-refractivity contribution in [2.75, 3.05) is 11.9 Å². The summed E-state index contributed by atoms with van der Waals surface area (Å²) in [5.41, 5.74) is 1.96. The Balaban J connectivity index is 2.61. The average Bonchev–Trinajstić information content (AvgIpc) is 2.30. The Morgan fingerprint density at radius 2 is 2.00 bits per heavy atom. The molecule has 1 atom stereocenters. The Morgan fingerprint density at radius 1 is 1.35 bits per heavy atom. The molecule has 92 valence electrons.